The number of aliphatic carboxylic acids is 1. The van der Waals surface area contributed by atoms with E-state index in [0.29, 0.717) is 5.75 Å². The average molecular weight is 196 g/mol. The van der Waals surface area contributed by atoms with E-state index in [0.717, 1.165) is 5.75 Å². The zero-order chi connectivity index (χ0) is 9.11. The molecule has 11 heavy (non-hydrogen) atoms. The van der Waals surface area contributed by atoms with Crippen LogP contribution in [0.5, 0.6) is 0 Å². The van der Waals surface area contributed by atoms with E-state index in [1.54, 1.807) is 0 Å². The van der Waals surface area contributed by atoms with Gasteiger partial charge in [-0.05, 0) is 12.2 Å². The molecule has 0 bridgehead atoms. The first-order valence-electron chi connectivity index (χ1n) is 3.62. The molecule has 0 aliphatic carbocycles. The lowest BCUT2D eigenvalue weighted by Gasteiger charge is -1.79. The molecule has 0 fully saturated rings. The number of unbranched alkanes of at least 4 members (excludes halogenated alkanes) is 1. The number of rotatable bonds is 4. The van der Waals surface area contributed by atoms with Crippen molar-refractivity contribution in [1.82, 2.24) is 0 Å². The van der Waals surface area contributed by atoms with Crippen LogP contribution in [-0.4, -0.2) is 22.6 Å². The van der Waals surface area contributed by atoms with E-state index < -0.39 is 5.97 Å². The van der Waals surface area contributed by atoms with Gasteiger partial charge in [0.2, 0.25) is 0 Å². The number of carboxylic acids is 1. The summed E-state index contributed by atoms with van der Waals surface area (Å²) in [5.74, 6) is 0.677. The SMILES string of the molecule is CCCCS.O=C(O)CCS. The van der Waals surface area contributed by atoms with Gasteiger partial charge < -0.3 is 5.11 Å². The van der Waals surface area contributed by atoms with Crippen molar-refractivity contribution >= 4 is 31.2 Å². The average Bonchev–Trinajstić information content (AvgIpc) is 1.90. The molecule has 0 unspecified atom stereocenters. The van der Waals surface area contributed by atoms with Gasteiger partial charge in [0.05, 0.1) is 6.42 Å². The fraction of sp³-hybridized carbons (Fsp3) is 0.857. The van der Waals surface area contributed by atoms with Gasteiger partial charge >= 0.3 is 5.97 Å². The first-order chi connectivity index (χ1) is 5.18. The number of hydrogen-bond donors (Lipinski definition) is 3. The van der Waals surface area contributed by atoms with Gasteiger partial charge in [-0.1, -0.05) is 13.3 Å². The summed E-state index contributed by atoms with van der Waals surface area (Å²) in [7, 11) is 0. The molecule has 0 saturated heterocycles. The maximum absolute atomic E-state index is 9.55. The van der Waals surface area contributed by atoms with Crippen LogP contribution in [0.3, 0.4) is 0 Å². The summed E-state index contributed by atoms with van der Waals surface area (Å²) in [5.41, 5.74) is 0. The predicted octanol–water partition coefficient (Wildman–Crippen LogP) is 2.11. The minimum Gasteiger partial charge on any atom is -0.481 e. The van der Waals surface area contributed by atoms with Crippen molar-refractivity contribution in [2.75, 3.05) is 11.5 Å². The Morgan fingerprint density at radius 2 is 1.91 bits per heavy atom. The van der Waals surface area contributed by atoms with E-state index in [-0.39, 0.29) is 6.42 Å². The molecule has 0 heterocycles. The Bertz CT molecular complexity index is 84.5. The highest BCUT2D eigenvalue weighted by Gasteiger charge is 1.88. The standard InChI is InChI=1S/C4H10S.C3H6O2S/c1-2-3-4-5;4-3(5)1-2-6/h5H,2-4H2,1H3;6H,1-2H2,(H,4,5). The van der Waals surface area contributed by atoms with Gasteiger partial charge in [-0.2, -0.15) is 25.3 Å². The highest BCUT2D eigenvalue weighted by atomic mass is 32.1. The summed E-state index contributed by atoms with van der Waals surface area (Å²) in [6.07, 6.45) is 2.68. The number of carboxylic acid groups (broad SMARTS) is 1. The molecule has 0 aliphatic rings. The second-order valence-corrected chi connectivity index (χ2v) is 2.84. The van der Waals surface area contributed by atoms with Crippen molar-refractivity contribution in [1.29, 1.82) is 0 Å². The maximum atomic E-state index is 9.55. The van der Waals surface area contributed by atoms with E-state index in [9.17, 15) is 4.79 Å². The zero-order valence-corrected chi connectivity index (χ0v) is 8.57. The van der Waals surface area contributed by atoms with Crippen LogP contribution in [0, 0.1) is 0 Å². The molecule has 4 heteroatoms. The third kappa shape index (κ3) is 25.4. The molecule has 0 amide bonds. The summed E-state index contributed by atoms with van der Waals surface area (Å²) in [4.78, 5) is 9.55. The lowest BCUT2D eigenvalue weighted by Crippen LogP contribution is -1.93. The van der Waals surface area contributed by atoms with Crippen LogP contribution in [0.25, 0.3) is 0 Å². The van der Waals surface area contributed by atoms with E-state index in [2.05, 4.69) is 32.2 Å². The van der Waals surface area contributed by atoms with Crippen molar-refractivity contribution in [2.24, 2.45) is 0 Å². The molecule has 0 radical (unpaired) electrons. The number of hydrogen-bond acceptors (Lipinski definition) is 3. The molecule has 0 aromatic carbocycles. The molecule has 68 valence electrons. The third-order valence-corrected chi connectivity index (χ3v) is 1.38. The largest absolute Gasteiger partial charge is 0.481 e. The van der Waals surface area contributed by atoms with Crippen molar-refractivity contribution < 1.29 is 9.90 Å². The van der Waals surface area contributed by atoms with Crippen LogP contribution < -0.4 is 0 Å². The maximum Gasteiger partial charge on any atom is 0.304 e. The van der Waals surface area contributed by atoms with Crippen molar-refractivity contribution in [3.8, 4) is 0 Å². The van der Waals surface area contributed by atoms with Gasteiger partial charge in [0.1, 0.15) is 0 Å². The normalized spacial score (nSPS) is 8.27. The molecule has 0 aromatic rings. The fourth-order valence-corrected chi connectivity index (χ4v) is 0.761. The van der Waals surface area contributed by atoms with E-state index >= 15 is 0 Å². The highest BCUT2D eigenvalue weighted by Crippen LogP contribution is 1.85. The van der Waals surface area contributed by atoms with E-state index in [1.165, 1.54) is 12.8 Å². The van der Waals surface area contributed by atoms with Crippen LogP contribution in [0.4, 0.5) is 0 Å². The Balaban J connectivity index is 0. The summed E-state index contributed by atoms with van der Waals surface area (Å²) >= 11 is 7.68. The van der Waals surface area contributed by atoms with Crippen molar-refractivity contribution in [2.45, 2.75) is 26.2 Å². The smallest absolute Gasteiger partial charge is 0.304 e. The monoisotopic (exact) mass is 196 g/mol. The summed E-state index contributed by atoms with van der Waals surface area (Å²) in [6, 6.07) is 0. The molecular formula is C7H16O2S2. The zero-order valence-electron chi connectivity index (χ0n) is 6.79. The van der Waals surface area contributed by atoms with Crippen LogP contribution >= 0.6 is 25.3 Å². The van der Waals surface area contributed by atoms with Crippen molar-refractivity contribution in [3.63, 3.8) is 0 Å². The third-order valence-electron chi connectivity index (χ3n) is 0.837. The summed E-state index contributed by atoms with van der Waals surface area (Å²) in [6.45, 7) is 2.16. The second kappa shape index (κ2) is 12.8. The molecular weight excluding hydrogens is 180 g/mol. The predicted molar refractivity (Wildman–Crippen MR) is 54.9 cm³/mol. The molecule has 0 rings (SSSR count). The minimum absolute atomic E-state index is 0.156. The molecule has 0 spiro atoms. The summed E-state index contributed by atoms with van der Waals surface area (Å²) in [5, 5.41) is 7.86. The highest BCUT2D eigenvalue weighted by molar-refractivity contribution is 7.80. The van der Waals surface area contributed by atoms with Gasteiger partial charge in [0.25, 0.3) is 0 Å². The van der Waals surface area contributed by atoms with Crippen LogP contribution in [0.15, 0.2) is 0 Å². The Labute approximate surface area is 79.2 Å². The van der Waals surface area contributed by atoms with E-state index in [4.69, 9.17) is 5.11 Å². The van der Waals surface area contributed by atoms with E-state index in [1.807, 2.05) is 0 Å². The first kappa shape index (κ1) is 13.7. The minimum atomic E-state index is -0.787. The van der Waals surface area contributed by atoms with Crippen LogP contribution in [0.2, 0.25) is 0 Å². The van der Waals surface area contributed by atoms with Gasteiger partial charge in [0.15, 0.2) is 0 Å². The molecule has 1 N–H and O–H groups in total. The second-order valence-electron chi connectivity index (χ2n) is 1.94. The van der Waals surface area contributed by atoms with Gasteiger partial charge in [-0.25, -0.2) is 0 Å². The molecule has 0 saturated carbocycles. The summed E-state index contributed by atoms with van der Waals surface area (Å²) < 4.78 is 0. The molecule has 2 nitrogen and oxygen atoms in total. The molecule has 0 aromatic heterocycles. The van der Waals surface area contributed by atoms with Crippen LogP contribution in [-0.2, 0) is 4.79 Å². The lowest BCUT2D eigenvalue weighted by atomic mass is 10.4. The lowest BCUT2D eigenvalue weighted by molar-refractivity contribution is -0.136. The van der Waals surface area contributed by atoms with Gasteiger partial charge in [-0.15, -0.1) is 0 Å². The van der Waals surface area contributed by atoms with Gasteiger partial charge in [-0.3, -0.25) is 4.79 Å². The molecule has 0 atom stereocenters. The van der Waals surface area contributed by atoms with Crippen molar-refractivity contribution in [3.05, 3.63) is 0 Å². The van der Waals surface area contributed by atoms with Crippen LogP contribution in [0.1, 0.15) is 26.2 Å². The Kier molecular flexibility index (Phi) is 16.0. The number of thiol groups is 2. The Morgan fingerprint density at radius 1 is 1.36 bits per heavy atom. The fourth-order valence-electron chi connectivity index (χ4n) is 0.254. The Hall–Kier alpha value is 0.170. The molecule has 0 aliphatic heterocycles. The quantitative estimate of drug-likeness (QED) is 0.602. The van der Waals surface area contributed by atoms with Gasteiger partial charge in [0, 0.05) is 5.75 Å². The topological polar surface area (TPSA) is 37.3 Å². The first-order valence-corrected chi connectivity index (χ1v) is 4.89. The Morgan fingerprint density at radius 3 is 1.91 bits per heavy atom. The number of carbonyl (C=O) groups is 1.